The van der Waals surface area contributed by atoms with E-state index < -0.39 is 6.29 Å². The third-order valence-electron chi connectivity index (χ3n) is 3.19. The van der Waals surface area contributed by atoms with Crippen molar-refractivity contribution in [3.05, 3.63) is 34.7 Å². The first-order chi connectivity index (χ1) is 11.6. The molecule has 2 amide bonds. The van der Waals surface area contributed by atoms with Gasteiger partial charge >= 0.3 is 6.03 Å². The van der Waals surface area contributed by atoms with E-state index in [1.165, 1.54) is 0 Å². The van der Waals surface area contributed by atoms with Crippen LogP contribution < -0.4 is 10.6 Å². The first-order valence-corrected chi connectivity index (χ1v) is 8.81. The number of amides is 2. The highest BCUT2D eigenvalue weighted by Gasteiger charge is 2.10. The van der Waals surface area contributed by atoms with Gasteiger partial charge < -0.3 is 20.1 Å². The van der Waals surface area contributed by atoms with Crippen molar-refractivity contribution in [2.75, 3.05) is 25.1 Å². The lowest BCUT2D eigenvalue weighted by Gasteiger charge is -2.17. The molecule has 6 nitrogen and oxygen atoms in total. The highest BCUT2D eigenvalue weighted by Crippen LogP contribution is 2.22. The van der Waals surface area contributed by atoms with Gasteiger partial charge in [-0.3, -0.25) is 0 Å². The van der Waals surface area contributed by atoms with Crippen LogP contribution >= 0.6 is 11.3 Å². The number of nitrogens with one attached hydrogen (secondary N) is 2. The summed E-state index contributed by atoms with van der Waals surface area (Å²) in [5.74, 6) is 0. The van der Waals surface area contributed by atoms with Gasteiger partial charge in [-0.2, -0.15) is 0 Å². The van der Waals surface area contributed by atoms with Crippen LogP contribution in [0.3, 0.4) is 0 Å². The minimum atomic E-state index is -0.430. The molecule has 2 aromatic rings. The summed E-state index contributed by atoms with van der Waals surface area (Å²) < 4.78 is 10.8. The fraction of sp³-hybridized carbons (Fsp3) is 0.412. The summed E-state index contributed by atoms with van der Waals surface area (Å²) in [5, 5.41) is 8.58. The fourth-order valence-corrected chi connectivity index (χ4v) is 2.73. The second-order valence-electron chi connectivity index (χ2n) is 5.00. The van der Waals surface area contributed by atoms with Crippen LogP contribution in [-0.2, 0) is 9.47 Å². The Morgan fingerprint density at radius 2 is 1.88 bits per heavy atom. The lowest BCUT2D eigenvalue weighted by Crippen LogP contribution is -2.37. The van der Waals surface area contributed by atoms with Gasteiger partial charge in [0.15, 0.2) is 6.29 Å². The molecule has 24 heavy (non-hydrogen) atoms. The number of hydrogen-bond donors (Lipinski definition) is 2. The molecule has 0 atom stereocenters. The Morgan fingerprint density at radius 3 is 2.42 bits per heavy atom. The Balaban J connectivity index is 1.85. The van der Waals surface area contributed by atoms with Crippen LogP contribution in [-0.4, -0.2) is 37.1 Å². The normalized spacial score (nSPS) is 10.8. The summed E-state index contributed by atoms with van der Waals surface area (Å²) in [6, 6.07) is 7.29. The molecule has 0 aliphatic heterocycles. The van der Waals surface area contributed by atoms with Gasteiger partial charge in [-0.1, -0.05) is 12.1 Å². The predicted octanol–water partition coefficient (Wildman–Crippen LogP) is 3.64. The van der Waals surface area contributed by atoms with Crippen LogP contribution in [0, 0.1) is 6.92 Å². The Hall–Kier alpha value is -1.96. The standard InChI is InChI=1S/C17H23N3O3S/c1-4-22-16(23-5-2)10-18-17(21)20-14-8-6-13(7-9-14)15-11-24-12(3)19-15/h6-9,11,16H,4-5,10H2,1-3H3,(H2,18,20,21). The van der Waals surface area contributed by atoms with Crippen molar-refractivity contribution in [2.24, 2.45) is 0 Å². The zero-order chi connectivity index (χ0) is 17.4. The molecular formula is C17H23N3O3S. The average molecular weight is 349 g/mol. The van der Waals surface area contributed by atoms with Crippen LogP contribution in [0.4, 0.5) is 10.5 Å². The van der Waals surface area contributed by atoms with Gasteiger partial charge in [0.1, 0.15) is 0 Å². The Morgan fingerprint density at radius 1 is 1.21 bits per heavy atom. The molecule has 0 bridgehead atoms. The third kappa shape index (κ3) is 5.59. The van der Waals surface area contributed by atoms with E-state index in [0.29, 0.717) is 25.4 Å². The lowest BCUT2D eigenvalue weighted by atomic mass is 10.1. The van der Waals surface area contributed by atoms with E-state index >= 15 is 0 Å². The zero-order valence-corrected chi connectivity index (χ0v) is 15.0. The molecule has 0 spiro atoms. The number of aryl methyl sites for hydroxylation is 1. The molecule has 130 valence electrons. The predicted molar refractivity (Wildman–Crippen MR) is 96.3 cm³/mol. The quantitative estimate of drug-likeness (QED) is 0.714. The maximum absolute atomic E-state index is 11.9. The lowest BCUT2D eigenvalue weighted by molar-refractivity contribution is -0.131. The highest BCUT2D eigenvalue weighted by molar-refractivity contribution is 7.09. The van der Waals surface area contributed by atoms with Gasteiger partial charge in [0, 0.05) is 29.8 Å². The molecule has 2 N–H and O–H groups in total. The number of thiazole rings is 1. The zero-order valence-electron chi connectivity index (χ0n) is 14.2. The largest absolute Gasteiger partial charge is 0.351 e. The first kappa shape index (κ1) is 18.4. The molecule has 1 aromatic heterocycles. The molecule has 0 saturated heterocycles. The van der Waals surface area contributed by atoms with Crippen molar-refractivity contribution in [1.82, 2.24) is 10.3 Å². The number of nitrogens with zero attached hydrogens (tertiary/aromatic N) is 1. The first-order valence-electron chi connectivity index (χ1n) is 7.93. The maximum atomic E-state index is 11.9. The number of carbonyl (C=O) groups is 1. The molecule has 0 saturated carbocycles. The summed E-state index contributed by atoms with van der Waals surface area (Å²) in [4.78, 5) is 16.4. The fourth-order valence-electron chi connectivity index (χ4n) is 2.11. The van der Waals surface area contributed by atoms with Crippen LogP contribution in [0.15, 0.2) is 29.6 Å². The number of benzene rings is 1. The molecule has 0 aliphatic carbocycles. The van der Waals surface area contributed by atoms with Crippen LogP contribution in [0.25, 0.3) is 11.3 Å². The molecular weight excluding hydrogens is 326 g/mol. The molecule has 7 heteroatoms. The van der Waals surface area contributed by atoms with Crippen molar-refractivity contribution in [1.29, 1.82) is 0 Å². The Kier molecular flexibility index (Phi) is 7.17. The van der Waals surface area contributed by atoms with Gasteiger partial charge in [0.05, 0.1) is 17.2 Å². The molecule has 0 unspecified atom stereocenters. The van der Waals surface area contributed by atoms with E-state index in [9.17, 15) is 4.79 Å². The number of urea groups is 1. The van der Waals surface area contributed by atoms with E-state index in [1.807, 2.05) is 50.4 Å². The van der Waals surface area contributed by atoms with Crippen LogP contribution in [0.5, 0.6) is 0 Å². The van der Waals surface area contributed by atoms with Crippen molar-refractivity contribution < 1.29 is 14.3 Å². The second kappa shape index (κ2) is 9.36. The second-order valence-corrected chi connectivity index (χ2v) is 6.07. The van der Waals surface area contributed by atoms with Crippen LogP contribution in [0.1, 0.15) is 18.9 Å². The molecule has 0 aliphatic rings. The van der Waals surface area contributed by atoms with Gasteiger partial charge in [-0.25, -0.2) is 9.78 Å². The minimum absolute atomic E-state index is 0.295. The van der Waals surface area contributed by atoms with Crippen molar-refractivity contribution >= 4 is 23.1 Å². The van der Waals surface area contributed by atoms with Gasteiger partial charge in [0.25, 0.3) is 0 Å². The van der Waals surface area contributed by atoms with E-state index in [-0.39, 0.29) is 6.03 Å². The number of ether oxygens (including phenoxy) is 2. The summed E-state index contributed by atoms with van der Waals surface area (Å²) in [6.45, 7) is 7.11. The van der Waals surface area contributed by atoms with Crippen molar-refractivity contribution in [2.45, 2.75) is 27.1 Å². The van der Waals surface area contributed by atoms with Crippen molar-refractivity contribution in [3.8, 4) is 11.3 Å². The number of carbonyl (C=O) groups excluding carboxylic acids is 1. The van der Waals surface area contributed by atoms with E-state index in [4.69, 9.17) is 9.47 Å². The number of rotatable bonds is 8. The number of hydrogen-bond acceptors (Lipinski definition) is 5. The summed E-state index contributed by atoms with van der Waals surface area (Å²) >= 11 is 1.62. The van der Waals surface area contributed by atoms with Gasteiger partial charge in [-0.05, 0) is 32.9 Å². The van der Waals surface area contributed by atoms with Crippen LogP contribution in [0.2, 0.25) is 0 Å². The number of anilines is 1. The third-order valence-corrected chi connectivity index (χ3v) is 3.97. The SMILES string of the molecule is CCOC(CNC(=O)Nc1ccc(-c2csc(C)n2)cc1)OCC. The van der Waals surface area contributed by atoms with E-state index in [2.05, 4.69) is 15.6 Å². The molecule has 0 fully saturated rings. The molecule has 1 aromatic carbocycles. The molecule has 2 rings (SSSR count). The summed E-state index contributed by atoms with van der Waals surface area (Å²) in [5.41, 5.74) is 2.69. The Labute approximate surface area is 146 Å². The highest BCUT2D eigenvalue weighted by atomic mass is 32.1. The molecule has 0 radical (unpaired) electrons. The topological polar surface area (TPSA) is 72.5 Å². The smallest absolute Gasteiger partial charge is 0.319 e. The van der Waals surface area contributed by atoms with Gasteiger partial charge in [-0.15, -0.1) is 11.3 Å². The van der Waals surface area contributed by atoms with Crippen molar-refractivity contribution in [3.63, 3.8) is 0 Å². The number of aromatic nitrogens is 1. The molecule has 1 heterocycles. The summed E-state index contributed by atoms with van der Waals surface area (Å²) in [6.07, 6.45) is -0.430. The van der Waals surface area contributed by atoms with E-state index in [1.54, 1.807) is 11.3 Å². The monoisotopic (exact) mass is 349 g/mol. The summed E-state index contributed by atoms with van der Waals surface area (Å²) in [7, 11) is 0. The van der Waals surface area contributed by atoms with Gasteiger partial charge in [0.2, 0.25) is 0 Å². The minimum Gasteiger partial charge on any atom is -0.351 e. The maximum Gasteiger partial charge on any atom is 0.319 e. The van der Waals surface area contributed by atoms with E-state index in [0.717, 1.165) is 16.3 Å². The Bertz CT molecular complexity index is 637. The average Bonchev–Trinajstić information content (AvgIpc) is 3.00.